The lowest BCUT2D eigenvalue weighted by molar-refractivity contribution is -0.126. The van der Waals surface area contributed by atoms with Crippen LogP contribution in [0.1, 0.15) is 24.2 Å². The van der Waals surface area contributed by atoms with Gasteiger partial charge in [0.25, 0.3) is 0 Å². The summed E-state index contributed by atoms with van der Waals surface area (Å²) in [6.07, 6.45) is 0. The number of amides is 1. The Morgan fingerprint density at radius 1 is 1.40 bits per heavy atom. The maximum atomic E-state index is 11.9. The van der Waals surface area contributed by atoms with Crippen LogP contribution in [-0.2, 0) is 11.3 Å². The number of aromatic carboxylic acids is 1. The number of nitrogens with zero attached hydrogens (tertiary/aromatic N) is 1. The second kappa shape index (κ2) is 4.52. The van der Waals surface area contributed by atoms with Gasteiger partial charge >= 0.3 is 11.7 Å². The highest BCUT2D eigenvalue weighted by atomic mass is 16.4. The van der Waals surface area contributed by atoms with Crippen molar-refractivity contribution in [3.63, 3.8) is 0 Å². The third kappa shape index (κ3) is 2.29. The molecular formula is C13H15N3O4. The van der Waals surface area contributed by atoms with Gasteiger partial charge in [0.05, 0.1) is 22.0 Å². The van der Waals surface area contributed by atoms with E-state index in [2.05, 4.69) is 4.98 Å². The number of nitrogens with two attached hydrogens (primary N) is 1. The zero-order valence-electron chi connectivity index (χ0n) is 11.1. The molecule has 0 fully saturated rings. The Morgan fingerprint density at radius 3 is 2.60 bits per heavy atom. The fourth-order valence-electron chi connectivity index (χ4n) is 1.93. The van der Waals surface area contributed by atoms with Crippen LogP contribution in [0.5, 0.6) is 0 Å². The maximum Gasteiger partial charge on any atom is 0.335 e. The number of carbonyl (C=O) groups excluding carboxylic acids is 1. The molecule has 0 saturated carbocycles. The molecule has 0 atom stereocenters. The van der Waals surface area contributed by atoms with Gasteiger partial charge < -0.3 is 15.8 Å². The van der Waals surface area contributed by atoms with E-state index in [4.69, 9.17) is 10.8 Å². The Bertz CT molecular complexity index is 755. The summed E-state index contributed by atoms with van der Waals surface area (Å²) < 4.78 is 1.38. The van der Waals surface area contributed by atoms with Crippen molar-refractivity contribution < 1.29 is 14.7 Å². The Labute approximate surface area is 114 Å². The van der Waals surface area contributed by atoms with Crippen LogP contribution in [0.15, 0.2) is 23.0 Å². The van der Waals surface area contributed by atoms with Gasteiger partial charge in [0, 0.05) is 6.54 Å². The van der Waals surface area contributed by atoms with Crippen LogP contribution < -0.4 is 11.4 Å². The normalized spacial score (nSPS) is 11.7. The molecule has 0 spiro atoms. The number of nitrogens with one attached hydrogen (secondary N) is 1. The Hall–Kier alpha value is -2.57. The summed E-state index contributed by atoms with van der Waals surface area (Å²) in [5.74, 6) is -1.58. The molecule has 106 valence electrons. The number of hydrogen-bond acceptors (Lipinski definition) is 3. The molecule has 0 aliphatic heterocycles. The van der Waals surface area contributed by atoms with E-state index in [1.165, 1.54) is 22.8 Å². The van der Waals surface area contributed by atoms with E-state index in [1.54, 1.807) is 13.8 Å². The molecule has 0 radical (unpaired) electrons. The Balaban J connectivity index is 2.55. The van der Waals surface area contributed by atoms with Gasteiger partial charge in [0.2, 0.25) is 5.91 Å². The fourth-order valence-corrected chi connectivity index (χ4v) is 1.93. The van der Waals surface area contributed by atoms with Crippen molar-refractivity contribution in [2.45, 2.75) is 20.4 Å². The lowest BCUT2D eigenvalue weighted by Gasteiger charge is -2.20. The number of primary amides is 1. The minimum absolute atomic E-state index is 0.0834. The second-order valence-corrected chi connectivity index (χ2v) is 5.30. The molecule has 20 heavy (non-hydrogen) atoms. The van der Waals surface area contributed by atoms with E-state index < -0.39 is 23.0 Å². The van der Waals surface area contributed by atoms with E-state index in [0.29, 0.717) is 11.0 Å². The van der Waals surface area contributed by atoms with Crippen LogP contribution in [0.3, 0.4) is 0 Å². The molecule has 1 heterocycles. The largest absolute Gasteiger partial charge is 0.478 e. The number of imidazole rings is 1. The highest BCUT2D eigenvalue weighted by Crippen LogP contribution is 2.20. The Morgan fingerprint density at radius 2 is 2.05 bits per heavy atom. The van der Waals surface area contributed by atoms with Gasteiger partial charge in [-0.05, 0) is 32.0 Å². The van der Waals surface area contributed by atoms with Gasteiger partial charge in [-0.15, -0.1) is 0 Å². The van der Waals surface area contributed by atoms with Gasteiger partial charge in [-0.25, -0.2) is 9.59 Å². The van der Waals surface area contributed by atoms with E-state index >= 15 is 0 Å². The Kier molecular flexibility index (Phi) is 3.13. The molecule has 0 saturated heterocycles. The summed E-state index contributed by atoms with van der Waals surface area (Å²) in [6.45, 7) is 3.41. The number of benzene rings is 1. The molecule has 7 nitrogen and oxygen atoms in total. The van der Waals surface area contributed by atoms with Gasteiger partial charge in [-0.1, -0.05) is 0 Å². The first-order valence-corrected chi connectivity index (χ1v) is 5.98. The van der Waals surface area contributed by atoms with E-state index in [9.17, 15) is 14.4 Å². The smallest absolute Gasteiger partial charge is 0.335 e. The molecule has 1 aromatic heterocycles. The van der Waals surface area contributed by atoms with Crippen LogP contribution in [0.25, 0.3) is 11.0 Å². The summed E-state index contributed by atoms with van der Waals surface area (Å²) in [5.41, 5.74) is 5.04. The van der Waals surface area contributed by atoms with Crippen molar-refractivity contribution >= 4 is 22.9 Å². The molecule has 0 aliphatic rings. The number of fused-ring (bicyclic) bond motifs is 1. The van der Waals surface area contributed by atoms with Gasteiger partial charge in [0.1, 0.15) is 0 Å². The summed E-state index contributed by atoms with van der Waals surface area (Å²) >= 11 is 0. The highest BCUT2D eigenvalue weighted by molar-refractivity contribution is 5.92. The first-order valence-electron chi connectivity index (χ1n) is 5.98. The van der Waals surface area contributed by atoms with Crippen molar-refractivity contribution in [2.24, 2.45) is 11.1 Å². The van der Waals surface area contributed by atoms with E-state index in [-0.39, 0.29) is 12.1 Å². The van der Waals surface area contributed by atoms with Crippen molar-refractivity contribution in [3.05, 3.63) is 34.2 Å². The molecule has 0 aliphatic carbocycles. The van der Waals surface area contributed by atoms with E-state index in [1.807, 2.05) is 0 Å². The summed E-state index contributed by atoms with van der Waals surface area (Å²) in [7, 11) is 0. The maximum absolute atomic E-state index is 11.9. The quantitative estimate of drug-likeness (QED) is 0.755. The van der Waals surface area contributed by atoms with Crippen LogP contribution in [-0.4, -0.2) is 26.5 Å². The summed E-state index contributed by atoms with van der Waals surface area (Å²) in [5, 5.41) is 8.92. The van der Waals surface area contributed by atoms with Crippen molar-refractivity contribution in [3.8, 4) is 0 Å². The average Bonchev–Trinajstić information content (AvgIpc) is 2.64. The first-order chi connectivity index (χ1) is 9.22. The number of carbonyl (C=O) groups is 2. The molecular weight excluding hydrogens is 262 g/mol. The van der Waals surface area contributed by atoms with Crippen molar-refractivity contribution in [1.29, 1.82) is 0 Å². The monoisotopic (exact) mass is 277 g/mol. The number of rotatable bonds is 4. The number of carboxylic acid groups (broad SMARTS) is 1. The van der Waals surface area contributed by atoms with Gasteiger partial charge in [-0.3, -0.25) is 9.36 Å². The number of H-pyrrole nitrogens is 1. The van der Waals surface area contributed by atoms with E-state index in [0.717, 1.165) is 0 Å². The molecule has 0 unspecified atom stereocenters. The van der Waals surface area contributed by atoms with Gasteiger partial charge in [-0.2, -0.15) is 0 Å². The van der Waals surface area contributed by atoms with Gasteiger partial charge in [0.15, 0.2) is 0 Å². The van der Waals surface area contributed by atoms with Crippen molar-refractivity contribution in [1.82, 2.24) is 9.55 Å². The summed E-state index contributed by atoms with van der Waals surface area (Å²) in [6, 6.07) is 4.33. The van der Waals surface area contributed by atoms with Crippen LogP contribution >= 0.6 is 0 Å². The third-order valence-electron chi connectivity index (χ3n) is 3.24. The molecule has 1 amide bonds. The lowest BCUT2D eigenvalue weighted by atomic mass is 9.92. The topological polar surface area (TPSA) is 118 Å². The van der Waals surface area contributed by atoms with Crippen molar-refractivity contribution in [2.75, 3.05) is 0 Å². The molecule has 1 aromatic carbocycles. The highest BCUT2D eigenvalue weighted by Gasteiger charge is 2.27. The molecule has 2 rings (SSSR count). The number of aromatic amines is 1. The summed E-state index contributed by atoms with van der Waals surface area (Å²) in [4.78, 5) is 36.8. The average molecular weight is 277 g/mol. The van der Waals surface area contributed by atoms with Crippen LogP contribution in [0.2, 0.25) is 0 Å². The van der Waals surface area contributed by atoms with Crippen LogP contribution in [0, 0.1) is 5.41 Å². The third-order valence-corrected chi connectivity index (χ3v) is 3.24. The molecule has 0 bridgehead atoms. The second-order valence-electron chi connectivity index (χ2n) is 5.30. The minimum atomic E-state index is -1.07. The SMILES string of the molecule is CC(C)(Cn1c(=O)[nH]c2cc(C(=O)O)ccc21)C(N)=O. The van der Waals surface area contributed by atoms with Crippen LogP contribution in [0.4, 0.5) is 0 Å². The number of hydrogen-bond donors (Lipinski definition) is 3. The lowest BCUT2D eigenvalue weighted by Crippen LogP contribution is -2.37. The molecule has 2 aromatic rings. The fraction of sp³-hybridized carbons (Fsp3) is 0.308. The minimum Gasteiger partial charge on any atom is -0.478 e. The predicted octanol–water partition coefficient (Wildman–Crippen LogP) is 0.539. The standard InChI is InChI=1S/C13H15N3O4/c1-13(2,11(14)19)6-16-9-4-3-7(10(17)18)5-8(9)15-12(16)20/h3-5H,6H2,1-2H3,(H2,14,19)(H,15,20)(H,17,18). The number of aromatic nitrogens is 2. The zero-order valence-corrected chi connectivity index (χ0v) is 11.1. The predicted molar refractivity (Wildman–Crippen MR) is 72.5 cm³/mol. The number of carboxylic acids is 1. The molecule has 7 heteroatoms. The molecule has 4 N–H and O–H groups in total. The zero-order chi connectivity index (χ0) is 15.1. The first kappa shape index (κ1) is 13.9.